The summed E-state index contributed by atoms with van der Waals surface area (Å²) < 4.78 is 23.3. The fraction of sp³-hybridized carbons (Fsp3) is 0.538. The molecule has 29 heavy (non-hydrogen) atoms. The van der Waals surface area contributed by atoms with E-state index in [1.165, 1.54) is 6.07 Å². The smallest absolute Gasteiger partial charge is 0.406 e. The van der Waals surface area contributed by atoms with Crippen LogP contribution in [0.1, 0.15) is 6.23 Å². The van der Waals surface area contributed by atoms with Gasteiger partial charge in [0.2, 0.25) is 0 Å². The molecule has 15 nitrogen and oxygen atoms in total. The Bertz CT molecular complexity index is 861. The zero-order chi connectivity index (χ0) is 21.9. The quantitative estimate of drug-likeness (QED) is 0.211. The number of hydrogen-bond donors (Lipinski definition) is 6. The Morgan fingerprint density at radius 3 is 2.38 bits per heavy atom. The second-order valence-corrected chi connectivity index (χ2v) is 7.79. The van der Waals surface area contributed by atoms with Gasteiger partial charge >= 0.3 is 25.4 Å². The Labute approximate surface area is 162 Å². The summed E-state index contributed by atoms with van der Waals surface area (Å²) in [7, 11) is -4.92. The van der Waals surface area contributed by atoms with Gasteiger partial charge in [0.05, 0.1) is 6.61 Å². The van der Waals surface area contributed by atoms with Gasteiger partial charge in [0.1, 0.15) is 37.2 Å². The van der Waals surface area contributed by atoms with Gasteiger partial charge in [-0.2, -0.15) is 9.65 Å². The maximum absolute atomic E-state index is 12.2. The van der Waals surface area contributed by atoms with E-state index in [-0.39, 0.29) is 10.5 Å². The van der Waals surface area contributed by atoms with Crippen LogP contribution in [0.3, 0.4) is 0 Å². The zero-order valence-electron chi connectivity index (χ0n) is 14.6. The van der Waals surface area contributed by atoms with Gasteiger partial charge in [0.15, 0.2) is 6.23 Å². The molecule has 1 fully saturated rings. The van der Waals surface area contributed by atoms with E-state index in [1.54, 1.807) is 0 Å². The van der Waals surface area contributed by atoms with E-state index in [4.69, 9.17) is 25.2 Å². The molecule has 0 radical (unpaired) electrons. The summed E-state index contributed by atoms with van der Waals surface area (Å²) in [5.41, 5.74) is 4.48. The molecular weight excluding hydrogens is 419 g/mol. The van der Waals surface area contributed by atoms with Crippen LogP contribution in [-0.2, 0) is 23.4 Å². The van der Waals surface area contributed by atoms with Crippen LogP contribution in [0.15, 0.2) is 17.1 Å². The Hall–Kier alpha value is -2.39. The van der Waals surface area contributed by atoms with Gasteiger partial charge < -0.3 is 35.8 Å². The summed E-state index contributed by atoms with van der Waals surface area (Å²) >= 11 is 0. The molecule has 1 aliphatic heterocycles. The molecule has 5 atom stereocenters. The first kappa shape index (κ1) is 22.9. The highest BCUT2D eigenvalue weighted by atomic mass is 31.2. The summed E-state index contributed by atoms with van der Waals surface area (Å²) in [5.74, 6) is -3.24. The van der Waals surface area contributed by atoms with Crippen molar-refractivity contribution in [2.45, 2.75) is 24.5 Å². The second-order valence-electron chi connectivity index (χ2n) is 5.99. The monoisotopic (exact) mass is 438 g/mol. The lowest BCUT2D eigenvalue weighted by Crippen LogP contribution is -2.37. The molecule has 0 bridgehead atoms. The van der Waals surface area contributed by atoms with Gasteiger partial charge in [-0.05, 0) is 6.07 Å². The minimum absolute atomic E-state index is 0.0858. The highest BCUT2D eigenvalue weighted by molar-refractivity contribution is 7.50. The maximum Gasteiger partial charge on any atom is 0.406 e. The molecule has 0 saturated carbocycles. The SMILES string of the molecule is Nc1ccn([C@@H]2O[C@H](COP(=O)(O)N(CC(=O)O)CC(=O)O)[C@@H](O)[C@H]2O)c(=O)n1. The minimum atomic E-state index is -4.92. The summed E-state index contributed by atoms with van der Waals surface area (Å²) in [6.45, 7) is -3.03. The molecule has 1 aliphatic rings. The van der Waals surface area contributed by atoms with Gasteiger partial charge in [-0.1, -0.05) is 0 Å². The highest BCUT2D eigenvalue weighted by Crippen LogP contribution is 2.46. The fourth-order valence-electron chi connectivity index (χ4n) is 2.52. The highest BCUT2D eigenvalue weighted by Gasteiger charge is 2.45. The lowest BCUT2D eigenvalue weighted by atomic mass is 10.1. The van der Waals surface area contributed by atoms with Crippen LogP contribution >= 0.6 is 7.75 Å². The Balaban J connectivity index is 2.11. The van der Waals surface area contributed by atoms with Crippen molar-refractivity contribution in [1.29, 1.82) is 0 Å². The Kier molecular flexibility index (Phi) is 7.07. The number of nitrogens with two attached hydrogens (primary N) is 1. The first-order valence-corrected chi connectivity index (χ1v) is 9.48. The zero-order valence-corrected chi connectivity index (χ0v) is 15.5. The molecule has 16 heteroatoms. The van der Waals surface area contributed by atoms with E-state index in [1.807, 2.05) is 0 Å². The van der Waals surface area contributed by atoms with E-state index >= 15 is 0 Å². The largest absolute Gasteiger partial charge is 0.480 e. The predicted molar refractivity (Wildman–Crippen MR) is 91.5 cm³/mol. The van der Waals surface area contributed by atoms with E-state index < -0.39 is 69.6 Å². The number of nitrogen functional groups attached to an aromatic ring is 1. The molecule has 0 aromatic carbocycles. The minimum Gasteiger partial charge on any atom is -0.480 e. The summed E-state index contributed by atoms with van der Waals surface area (Å²) in [6, 6.07) is 1.24. The molecule has 0 amide bonds. The van der Waals surface area contributed by atoms with Crippen molar-refractivity contribution in [3.63, 3.8) is 0 Å². The number of anilines is 1. The molecular formula is C13H19N4O11P. The number of hydrogen-bond acceptors (Lipinski definition) is 10. The van der Waals surface area contributed by atoms with Crippen molar-refractivity contribution in [1.82, 2.24) is 14.2 Å². The van der Waals surface area contributed by atoms with Crippen LogP contribution in [0.5, 0.6) is 0 Å². The van der Waals surface area contributed by atoms with Crippen LogP contribution < -0.4 is 11.4 Å². The van der Waals surface area contributed by atoms with Crippen LogP contribution in [0.25, 0.3) is 0 Å². The molecule has 1 aromatic rings. The molecule has 2 heterocycles. The lowest BCUT2D eigenvalue weighted by Gasteiger charge is -2.25. The van der Waals surface area contributed by atoms with Gasteiger partial charge in [-0.15, -0.1) is 0 Å². The van der Waals surface area contributed by atoms with E-state index in [0.717, 1.165) is 10.8 Å². The van der Waals surface area contributed by atoms with Crippen LogP contribution in [-0.4, -0.2) is 89.5 Å². The molecule has 0 spiro atoms. The number of aromatic nitrogens is 2. The van der Waals surface area contributed by atoms with Crippen molar-refractivity contribution in [3.8, 4) is 0 Å². The number of ether oxygens (including phenoxy) is 1. The molecule has 7 N–H and O–H groups in total. The Morgan fingerprint density at radius 2 is 1.86 bits per heavy atom. The molecule has 2 rings (SSSR count). The number of carboxylic acids is 2. The average molecular weight is 438 g/mol. The summed E-state index contributed by atoms with van der Waals surface area (Å²) in [5, 5.41) is 37.7. The fourth-order valence-corrected chi connectivity index (χ4v) is 3.62. The molecule has 0 aliphatic carbocycles. The van der Waals surface area contributed by atoms with Crippen LogP contribution in [0.2, 0.25) is 0 Å². The normalized spacial score (nSPS) is 26.3. The molecule has 1 aromatic heterocycles. The van der Waals surface area contributed by atoms with Crippen molar-refractivity contribution in [3.05, 3.63) is 22.7 Å². The summed E-state index contributed by atoms with van der Waals surface area (Å²) in [4.78, 5) is 46.8. The topological polar surface area (TPSA) is 235 Å². The molecule has 1 unspecified atom stereocenters. The molecule has 1 saturated heterocycles. The third kappa shape index (κ3) is 5.57. The van der Waals surface area contributed by atoms with Crippen molar-refractivity contribution >= 4 is 25.5 Å². The van der Waals surface area contributed by atoms with E-state index in [0.29, 0.717) is 0 Å². The van der Waals surface area contributed by atoms with Crippen molar-refractivity contribution in [2.75, 3.05) is 25.4 Å². The van der Waals surface area contributed by atoms with E-state index in [9.17, 15) is 34.1 Å². The number of nitrogens with zero attached hydrogens (tertiary/aromatic N) is 3. The van der Waals surface area contributed by atoms with E-state index in [2.05, 4.69) is 4.98 Å². The number of carboxylic acid groups (broad SMARTS) is 2. The predicted octanol–water partition coefficient (Wildman–Crippen LogP) is -2.97. The molecule has 162 valence electrons. The van der Waals surface area contributed by atoms with Crippen LogP contribution in [0, 0.1) is 0 Å². The number of carbonyl (C=O) groups is 2. The number of aliphatic carboxylic acids is 2. The number of aliphatic hydroxyl groups excluding tert-OH is 2. The third-order valence-corrected chi connectivity index (χ3v) is 5.35. The van der Waals surface area contributed by atoms with Gasteiger partial charge in [0.25, 0.3) is 0 Å². The van der Waals surface area contributed by atoms with Crippen LogP contribution in [0.4, 0.5) is 5.82 Å². The Morgan fingerprint density at radius 1 is 1.28 bits per heavy atom. The van der Waals surface area contributed by atoms with Gasteiger partial charge in [-0.3, -0.25) is 18.7 Å². The average Bonchev–Trinajstić information content (AvgIpc) is 2.87. The van der Waals surface area contributed by atoms with Crippen molar-refractivity contribution in [2.24, 2.45) is 0 Å². The van der Waals surface area contributed by atoms with Gasteiger partial charge in [-0.25, -0.2) is 9.36 Å². The first-order valence-electron chi connectivity index (χ1n) is 7.95. The second kappa shape index (κ2) is 8.96. The lowest BCUT2D eigenvalue weighted by molar-refractivity contribution is -0.140. The maximum atomic E-state index is 12.2. The van der Waals surface area contributed by atoms with Gasteiger partial charge in [0, 0.05) is 6.20 Å². The standard InChI is InChI=1S/C13H19N4O11P/c14-7-1-2-17(13(24)15-7)12-11(23)10(22)6(28-12)5-27-29(25,26)16(3-8(18)19)4-9(20)21/h1-2,6,10-12,22-23H,3-5H2,(H,18,19)(H,20,21)(H,25,26)(H2,14,15,24)/t6-,10-,11-,12-/m1/s1. The van der Waals surface area contributed by atoms with Crippen molar-refractivity contribution < 1.29 is 48.7 Å². The number of aliphatic hydroxyl groups is 2. The summed E-state index contributed by atoms with van der Waals surface area (Å²) in [6.07, 6.45) is -4.95. The number of rotatable bonds is 9. The third-order valence-electron chi connectivity index (χ3n) is 3.86. The first-order chi connectivity index (χ1) is 13.4.